The van der Waals surface area contributed by atoms with E-state index < -0.39 is 0 Å². The molecule has 1 aromatic carbocycles. The van der Waals surface area contributed by atoms with E-state index in [9.17, 15) is 4.79 Å². The van der Waals surface area contributed by atoms with Gasteiger partial charge in [0.25, 0.3) is 0 Å². The molecule has 0 aromatic heterocycles. The maximum Gasteiger partial charge on any atom is 0.247 e. The number of hydrogen-bond donors (Lipinski definition) is 1. The average Bonchev–Trinajstić information content (AvgIpc) is 2.49. The van der Waals surface area contributed by atoms with Gasteiger partial charge in [0.05, 0.1) is 0 Å². The van der Waals surface area contributed by atoms with Gasteiger partial charge in [-0.1, -0.05) is 29.8 Å². The van der Waals surface area contributed by atoms with Crippen LogP contribution < -0.4 is 5.32 Å². The van der Waals surface area contributed by atoms with Crippen molar-refractivity contribution >= 4 is 23.6 Å². The van der Waals surface area contributed by atoms with Crippen molar-refractivity contribution in [1.29, 1.82) is 0 Å². The Hall–Kier alpha value is -1.28. The molecule has 1 aromatic rings. The van der Waals surface area contributed by atoms with Crippen LogP contribution >= 0.6 is 11.6 Å². The molecule has 2 rings (SSSR count). The predicted molar refractivity (Wildman–Crippen MR) is 61.7 cm³/mol. The molecule has 15 heavy (non-hydrogen) atoms. The van der Waals surface area contributed by atoms with Crippen LogP contribution in [0.5, 0.6) is 0 Å². The minimum Gasteiger partial charge on any atom is -0.350 e. The number of hydrogen-bond acceptors (Lipinski definition) is 1. The molecule has 1 aliphatic rings. The van der Waals surface area contributed by atoms with Crippen molar-refractivity contribution in [3.05, 3.63) is 40.4 Å². The first-order chi connectivity index (χ1) is 7.16. The van der Waals surface area contributed by atoms with Gasteiger partial charge in [-0.2, -0.15) is 0 Å². The fourth-order valence-corrected chi connectivity index (χ4v) is 1.88. The second-order valence-electron chi connectivity index (χ2n) is 3.77. The zero-order valence-corrected chi connectivity index (χ0v) is 9.21. The molecule has 1 amide bonds. The average molecular weight is 222 g/mol. The highest BCUT2D eigenvalue weighted by molar-refractivity contribution is 6.32. The van der Waals surface area contributed by atoms with E-state index in [2.05, 4.69) is 5.32 Å². The summed E-state index contributed by atoms with van der Waals surface area (Å²) in [4.78, 5) is 11.5. The molecule has 0 bridgehead atoms. The first kappa shape index (κ1) is 10.2. The van der Waals surface area contributed by atoms with Gasteiger partial charge < -0.3 is 5.32 Å². The van der Waals surface area contributed by atoms with E-state index in [1.54, 1.807) is 0 Å². The highest BCUT2D eigenvalue weighted by atomic mass is 35.5. The minimum absolute atomic E-state index is 0.0161. The van der Waals surface area contributed by atoms with E-state index in [0.29, 0.717) is 5.02 Å². The van der Waals surface area contributed by atoms with Crippen LogP contribution in [0.25, 0.3) is 6.08 Å². The van der Waals surface area contributed by atoms with Crippen LogP contribution in [0.15, 0.2) is 29.8 Å². The molecular formula is C12H12ClNO. The summed E-state index contributed by atoms with van der Waals surface area (Å²) in [6.07, 6.45) is 2.63. The zero-order valence-electron chi connectivity index (χ0n) is 8.46. The lowest BCUT2D eigenvalue weighted by atomic mass is 10.1. The van der Waals surface area contributed by atoms with Gasteiger partial charge in [0.2, 0.25) is 5.91 Å². The van der Waals surface area contributed by atoms with Crippen molar-refractivity contribution in [2.24, 2.45) is 0 Å². The summed E-state index contributed by atoms with van der Waals surface area (Å²) in [7, 11) is 0. The highest BCUT2D eigenvalue weighted by Gasteiger charge is 2.22. The largest absolute Gasteiger partial charge is 0.350 e. The van der Waals surface area contributed by atoms with E-state index in [1.807, 2.05) is 37.3 Å². The molecule has 0 spiro atoms. The summed E-state index contributed by atoms with van der Waals surface area (Å²) < 4.78 is 0. The number of amides is 1. The predicted octanol–water partition coefficient (Wildman–Crippen LogP) is 2.63. The second kappa shape index (κ2) is 4.07. The SMILES string of the molecule is CC1C/C(=C\c2ccccc2Cl)C(=O)N1. The highest BCUT2D eigenvalue weighted by Crippen LogP contribution is 2.22. The number of carbonyl (C=O) groups excluding carboxylic acids is 1. The third-order valence-corrected chi connectivity index (χ3v) is 2.77. The minimum atomic E-state index is 0.0161. The van der Waals surface area contributed by atoms with Crippen LogP contribution in [0.1, 0.15) is 18.9 Å². The Kier molecular flexibility index (Phi) is 2.78. The molecule has 1 saturated heterocycles. The Morgan fingerprint density at radius 2 is 2.20 bits per heavy atom. The van der Waals surface area contributed by atoms with E-state index in [4.69, 9.17) is 11.6 Å². The molecule has 0 saturated carbocycles. The Balaban J connectivity index is 2.31. The third-order valence-electron chi connectivity index (χ3n) is 2.43. The molecule has 3 heteroatoms. The zero-order chi connectivity index (χ0) is 10.8. The van der Waals surface area contributed by atoms with Crippen LogP contribution in [-0.4, -0.2) is 11.9 Å². The molecule has 1 fully saturated rings. The van der Waals surface area contributed by atoms with Gasteiger partial charge in [-0.25, -0.2) is 0 Å². The lowest BCUT2D eigenvalue weighted by Crippen LogP contribution is -2.21. The smallest absolute Gasteiger partial charge is 0.247 e. The standard InChI is InChI=1S/C12H12ClNO/c1-8-6-10(12(15)14-8)7-9-4-2-3-5-11(9)13/h2-5,7-8H,6H2,1H3,(H,14,15)/b10-7+. The lowest BCUT2D eigenvalue weighted by molar-refractivity contribution is -0.116. The summed E-state index contributed by atoms with van der Waals surface area (Å²) in [5.41, 5.74) is 1.70. The van der Waals surface area contributed by atoms with Crippen molar-refractivity contribution < 1.29 is 4.79 Å². The molecule has 1 aliphatic heterocycles. The number of nitrogens with one attached hydrogen (secondary N) is 1. The summed E-state index contributed by atoms with van der Waals surface area (Å²) in [5, 5.41) is 3.53. The first-order valence-corrected chi connectivity index (χ1v) is 5.30. The van der Waals surface area contributed by atoms with Gasteiger partial charge in [-0.05, 0) is 31.1 Å². The topological polar surface area (TPSA) is 29.1 Å². The van der Waals surface area contributed by atoms with Gasteiger partial charge in [0, 0.05) is 16.6 Å². The molecule has 1 unspecified atom stereocenters. The van der Waals surface area contributed by atoms with Crippen molar-refractivity contribution in [1.82, 2.24) is 5.32 Å². The van der Waals surface area contributed by atoms with Crippen LogP contribution in [-0.2, 0) is 4.79 Å². The van der Waals surface area contributed by atoms with Gasteiger partial charge >= 0.3 is 0 Å². The summed E-state index contributed by atoms with van der Waals surface area (Å²) in [5.74, 6) is 0.0161. The second-order valence-corrected chi connectivity index (χ2v) is 4.18. The summed E-state index contributed by atoms with van der Waals surface area (Å²) in [6.45, 7) is 1.99. The van der Waals surface area contributed by atoms with Gasteiger partial charge in [0.1, 0.15) is 0 Å². The van der Waals surface area contributed by atoms with E-state index in [0.717, 1.165) is 17.6 Å². The Morgan fingerprint density at radius 1 is 1.47 bits per heavy atom. The first-order valence-electron chi connectivity index (χ1n) is 4.93. The van der Waals surface area contributed by atoms with Crippen molar-refractivity contribution in [3.8, 4) is 0 Å². The Bertz CT molecular complexity index is 425. The summed E-state index contributed by atoms with van der Waals surface area (Å²) in [6, 6.07) is 7.75. The summed E-state index contributed by atoms with van der Waals surface area (Å²) >= 11 is 6.01. The van der Waals surface area contributed by atoms with Gasteiger partial charge in [-0.3, -0.25) is 4.79 Å². The molecule has 78 valence electrons. The van der Waals surface area contributed by atoms with E-state index >= 15 is 0 Å². The Morgan fingerprint density at radius 3 is 2.80 bits per heavy atom. The molecule has 2 nitrogen and oxygen atoms in total. The molecular weight excluding hydrogens is 210 g/mol. The molecule has 0 aliphatic carbocycles. The van der Waals surface area contributed by atoms with E-state index in [1.165, 1.54) is 0 Å². The number of benzene rings is 1. The molecule has 0 radical (unpaired) electrons. The van der Waals surface area contributed by atoms with E-state index in [-0.39, 0.29) is 11.9 Å². The number of rotatable bonds is 1. The van der Waals surface area contributed by atoms with Crippen LogP contribution in [0.3, 0.4) is 0 Å². The quantitative estimate of drug-likeness (QED) is 0.726. The number of halogens is 1. The molecule has 1 N–H and O–H groups in total. The van der Waals surface area contributed by atoms with Gasteiger partial charge in [0.15, 0.2) is 0 Å². The maximum absolute atomic E-state index is 11.5. The van der Waals surface area contributed by atoms with Crippen LogP contribution in [0.2, 0.25) is 5.02 Å². The normalized spacial score (nSPS) is 23.2. The monoisotopic (exact) mass is 221 g/mol. The fourth-order valence-electron chi connectivity index (χ4n) is 1.69. The number of carbonyl (C=O) groups is 1. The molecule has 1 atom stereocenters. The maximum atomic E-state index is 11.5. The van der Waals surface area contributed by atoms with Crippen molar-refractivity contribution in [2.45, 2.75) is 19.4 Å². The third kappa shape index (κ3) is 2.21. The lowest BCUT2D eigenvalue weighted by Gasteiger charge is -1.98. The van der Waals surface area contributed by atoms with Crippen molar-refractivity contribution in [2.75, 3.05) is 0 Å². The van der Waals surface area contributed by atoms with Crippen LogP contribution in [0, 0.1) is 0 Å². The Labute approximate surface area is 93.9 Å². The van der Waals surface area contributed by atoms with Crippen LogP contribution in [0.4, 0.5) is 0 Å². The fraction of sp³-hybridized carbons (Fsp3) is 0.250. The van der Waals surface area contributed by atoms with Crippen molar-refractivity contribution in [3.63, 3.8) is 0 Å². The van der Waals surface area contributed by atoms with Gasteiger partial charge in [-0.15, -0.1) is 0 Å². The molecule has 1 heterocycles.